The lowest BCUT2D eigenvalue weighted by molar-refractivity contribution is 0.144. The van der Waals surface area contributed by atoms with Crippen LogP contribution in [0.5, 0.6) is 0 Å². The summed E-state index contributed by atoms with van der Waals surface area (Å²) in [7, 11) is 4.09. The van der Waals surface area contributed by atoms with E-state index in [1.807, 2.05) is 14.1 Å². The zero-order chi connectivity index (χ0) is 15.3. The number of aliphatic hydroxyl groups excluding tert-OH is 1. The van der Waals surface area contributed by atoms with Crippen molar-refractivity contribution < 1.29 is 9.90 Å². The molecule has 2 amide bonds. The van der Waals surface area contributed by atoms with Crippen molar-refractivity contribution in [1.82, 2.24) is 15.1 Å². The molecule has 20 heavy (non-hydrogen) atoms. The standard InChI is InChI=1S/C15H31N3O2/c1-15(2,3)13(8-10-17(4)5)16-14(20)18-9-6-7-12(18)11-19/h12-13,19H,6-11H2,1-5H3,(H,16,20). The number of aliphatic hydroxyl groups is 1. The van der Waals surface area contributed by atoms with Gasteiger partial charge in [-0.3, -0.25) is 0 Å². The molecule has 2 N–H and O–H groups in total. The van der Waals surface area contributed by atoms with Gasteiger partial charge in [-0.15, -0.1) is 0 Å². The molecule has 1 aliphatic heterocycles. The normalized spacial score (nSPS) is 21.4. The summed E-state index contributed by atoms with van der Waals surface area (Å²) in [6, 6.07) is 0.0991. The highest BCUT2D eigenvalue weighted by Gasteiger charge is 2.32. The van der Waals surface area contributed by atoms with E-state index in [0.717, 1.165) is 32.4 Å². The van der Waals surface area contributed by atoms with Gasteiger partial charge in [0.2, 0.25) is 0 Å². The van der Waals surface area contributed by atoms with E-state index in [2.05, 4.69) is 31.0 Å². The highest BCUT2D eigenvalue weighted by atomic mass is 16.3. The second-order valence-electron chi connectivity index (χ2n) is 7.13. The van der Waals surface area contributed by atoms with Crippen molar-refractivity contribution in [3.05, 3.63) is 0 Å². The lowest BCUT2D eigenvalue weighted by Gasteiger charge is -2.35. The van der Waals surface area contributed by atoms with Crippen molar-refractivity contribution in [1.29, 1.82) is 0 Å². The Morgan fingerprint density at radius 1 is 1.45 bits per heavy atom. The van der Waals surface area contributed by atoms with Crippen molar-refractivity contribution in [2.24, 2.45) is 5.41 Å². The average Bonchev–Trinajstić information content (AvgIpc) is 2.80. The first-order valence-electron chi connectivity index (χ1n) is 7.58. The summed E-state index contributed by atoms with van der Waals surface area (Å²) in [5, 5.41) is 12.5. The van der Waals surface area contributed by atoms with E-state index in [1.165, 1.54) is 0 Å². The van der Waals surface area contributed by atoms with Crippen LogP contribution >= 0.6 is 0 Å². The van der Waals surface area contributed by atoms with Gasteiger partial charge in [0.1, 0.15) is 0 Å². The number of hydrogen-bond donors (Lipinski definition) is 2. The molecule has 1 aliphatic rings. The number of nitrogens with one attached hydrogen (secondary N) is 1. The van der Waals surface area contributed by atoms with E-state index in [1.54, 1.807) is 4.90 Å². The van der Waals surface area contributed by atoms with Crippen LogP contribution in [-0.2, 0) is 0 Å². The van der Waals surface area contributed by atoms with E-state index < -0.39 is 0 Å². The molecule has 0 radical (unpaired) electrons. The van der Waals surface area contributed by atoms with E-state index in [4.69, 9.17) is 0 Å². The van der Waals surface area contributed by atoms with Crippen molar-refractivity contribution in [2.45, 2.75) is 52.1 Å². The van der Waals surface area contributed by atoms with Crippen LogP contribution in [0.15, 0.2) is 0 Å². The highest BCUT2D eigenvalue weighted by molar-refractivity contribution is 5.75. The lowest BCUT2D eigenvalue weighted by Crippen LogP contribution is -2.52. The summed E-state index contributed by atoms with van der Waals surface area (Å²) in [6.07, 6.45) is 2.82. The number of likely N-dealkylation sites (tertiary alicyclic amines) is 1. The SMILES string of the molecule is CN(C)CCC(NC(=O)N1CCCC1CO)C(C)(C)C. The highest BCUT2D eigenvalue weighted by Crippen LogP contribution is 2.23. The van der Waals surface area contributed by atoms with Crippen LogP contribution in [0.25, 0.3) is 0 Å². The zero-order valence-corrected chi connectivity index (χ0v) is 13.6. The maximum atomic E-state index is 12.4. The molecule has 1 heterocycles. The largest absolute Gasteiger partial charge is 0.394 e. The Hall–Kier alpha value is -0.810. The van der Waals surface area contributed by atoms with E-state index in [9.17, 15) is 9.90 Å². The summed E-state index contributed by atoms with van der Waals surface area (Å²) in [5.74, 6) is 0. The number of carbonyl (C=O) groups excluding carboxylic acids is 1. The van der Waals surface area contributed by atoms with E-state index in [0.29, 0.717) is 0 Å². The third-order valence-electron chi connectivity index (χ3n) is 4.06. The minimum atomic E-state index is -0.0276. The van der Waals surface area contributed by atoms with Crippen LogP contribution in [0.3, 0.4) is 0 Å². The molecule has 118 valence electrons. The van der Waals surface area contributed by atoms with Gasteiger partial charge in [0.05, 0.1) is 12.6 Å². The molecular formula is C15H31N3O2. The Morgan fingerprint density at radius 2 is 2.10 bits per heavy atom. The quantitative estimate of drug-likeness (QED) is 0.805. The second-order valence-corrected chi connectivity index (χ2v) is 7.13. The van der Waals surface area contributed by atoms with Crippen LogP contribution in [0.2, 0.25) is 0 Å². The summed E-state index contributed by atoms with van der Waals surface area (Å²) >= 11 is 0. The minimum Gasteiger partial charge on any atom is -0.394 e. The first-order valence-corrected chi connectivity index (χ1v) is 7.58. The molecule has 0 aromatic heterocycles. The maximum absolute atomic E-state index is 12.4. The van der Waals surface area contributed by atoms with Crippen molar-refractivity contribution in [3.63, 3.8) is 0 Å². The van der Waals surface area contributed by atoms with Crippen molar-refractivity contribution in [3.8, 4) is 0 Å². The molecule has 0 aromatic rings. The third-order valence-corrected chi connectivity index (χ3v) is 4.06. The Bertz CT molecular complexity index is 313. The van der Waals surface area contributed by atoms with Gasteiger partial charge in [-0.25, -0.2) is 4.79 Å². The first-order chi connectivity index (χ1) is 9.25. The summed E-state index contributed by atoms with van der Waals surface area (Å²) in [6.45, 7) is 8.22. The second kappa shape index (κ2) is 7.27. The van der Waals surface area contributed by atoms with Gasteiger partial charge in [0.15, 0.2) is 0 Å². The topological polar surface area (TPSA) is 55.8 Å². The minimum absolute atomic E-state index is 0.00975. The van der Waals surface area contributed by atoms with Crippen LogP contribution in [0.1, 0.15) is 40.0 Å². The molecule has 2 unspecified atom stereocenters. The Morgan fingerprint density at radius 3 is 2.60 bits per heavy atom. The number of nitrogens with zero attached hydrogens (tertiary/aromatic N) is 2. The smallest absolute Gasteiger partial charge is 0.317 e. The van der Waals surface area contributed by atoms with Gasteiger partial charge in [-0.1, -0.05) is 20.8 Å². The fourth-order valence-corrected chi connectivity index (χ4v) is 2.63. The number of hydrogen-bond acceptors (Lipinski definition) is 3. The zero-order valence-electron chi connectivity index (χ0n) is 13.6. The van der Waals surface area contributed by atoms with Crippen LogP contribution in [0, 0.1) is 5.41 Å². The molecule has 2 atom stereocenters. The number of rotatable bonds is 5. The van der Waals surface area contributed by atoms with Gasteiger partial charge in [0.25, 0.3) is 0 Å². The van der Waals surface area contributed by atoms with Gasteiger partial charge in [-0.05, 0) is 45.3 Å². The molecule has 0 bridgehead atoms. The monoisotopic (exact) mass is 285 g/mol. The Labute approximate surface area is 123 Å². The Kier molecular flexibility index (Phi) is 6.27. The summed E-state index contributed by atoms with van der Waals surface area (Å²) in [4.78, 5) is 16.3. The van der Waals surface area contributed by atoms with Crippen molar-refractivity contribution in [2.75, 3.05) is 33.8 Å². The predicted octanol–water partition coefficient (Wildman–Crippen LogP) is 1.52. The van der Waals surface area contributed by atoms with E-state index in [-0.39, 0.29) is 30.1 Å². The summed E-state index contributed by atoms with van der Waals surface area (Å²) in [5.41, 5.74) is 0.0279. The van der Waals surface area contributed by atoms with Gasteiger partial charge >= 0.3 is 6.03 Å². The predicted molar refractivity (Wildman–Crippen MR) is 81.8 cm³/mol. The lowest BCUT2D eigenvalue weighted by atomic mass is 9.84. The average molecular weight is 285 g/mol. The van der Waals surface area contributed by atoms with Crippen LogP contribution in [-0.4, -0.2) is 66.8 Å². The molecule has 0 aliphatic carbocycles. The molecule has 5 heteroatoms. The van der Waals surface area contributed by atoms with Gasteiger partial charge in [-0.2, -0.15) is 0 Å². The van der Waals surface area contributed by atoms with Crippen LogP contribution in [0.4, 0.5) is 4.79 Å². The van der Waals surface area contributed by atoms with Gasteiger partial charge < -0.3 is 20.2 Å². The molecule has 1 fully saturated rings. The van der Waals surface area contributed by atoms with E-state index >= 15 is 0 Å². The third kappa shape index (κ3) is 4.94. The fourth-order valence-electron chi connectivity index (χ4n) is 2.63. The van der Waals surface area contributed by atoms with Crippen LogP contribution < -0.4 is 5.32 Å². The number of amides is 2. The number of urea groups is 1. The molecule has 1 saturated heterocycles. The Balaban J connectivity index is 2.62. The first kappa shape index (κ1) is 17.2. The van der Waals surface area contributed by atoms with Gasteiger partial charge in [0, 0.05) is 12.6 Å². The molecule has 1 rings (SSSR count). The molecular weight excluding hydrogens is 254 g/mol. The number of carbonyl (C=O) groups is 1. The van der Waals surface area contributed by atoms with Crippen molar-refractivity contribution >= 4 is 6.03 Å². The summed E-state index contributed by atoms with van der Waals surface area (Å²) < 4.78 is 0. The molecule has 0 saturated carbocycles. The maximum Gasteiger partial charge on any atom is 0.317 e. The molecule has 5 nitrogen and oxygen atoms in total. The molecule has 0 spiro atoms. The fraction of sp³-hybridized carbons (Fsp3) is 0.933. The molecule has 0 aromatic carbocycles.